The Kier molecular flexibility index (Phi) is 5.06. The average Bonchev–Trinajstić information content (AvgIpc) is 2.87. The summed E-state index contributed by atoms with van der Waals surface area (Å²) in [5, 5.41) is 13.0. The lowest BCUT2D eigenvalue weighted by molar-refractivity contribution is -0.123. The molecule has 8 heteroatoms. The third-order valence-corrected chi connectivity index (χ3v) is 4.34. The molecule has 0 saturated carbocycles. The molecular formula is C18H14Cl2N2O4. The second-order valence-electron chi connectivity index (χ2n) is 5.56. The molecule has 0 aliphatic carbocycles. The molecule has 0 bridgehead atoms. The predicted octanol–water partition coefficient (Wildman–Crippen LogP) is 3.80. The minimum Gasteiger partial charge on any atom is -0.503 e. The molecule has 1 aliphatic heterocycles. The Hall–Kier alpha value is -2.70. The van der Waals surface area contributed by atoms with Crippen molar-refractivity contribution in [1.82, 2.24) is 10.2 Å². The number of imide groups is 1. The first-order valence-corrected chi connectivity index (χ1v) is 8.30. The highest BCUT2D eigenvalue weighted by Crippen LogP contribution is 2.35. The van der Waals surface area contributed by atoms with Crippen LogP contribution in [0.2, 0.25) is 10.0 Å². The van der Waals surface area contributed by atoms with Crippen LogP contribution in [0.1, 0.15) is 11.1 Å². The highest BCUT2D eigenvalue weighted by atomic mass is 35.5. The maximum Gasteiger partial charge on any atom is 0.329 e. The molecule has 0 radical (unpaired) electrons. The Balaban J connectivity index is 1.85. The van der Waals surface area contributed by atoms with E-state index in [1.165, 1.54) is 25.3 Å². The number of methoxy groups -OCH3 is 1. The van der Waals surface area contributed by atoms with Crippen LogP contribution in [-0.4, -0.2) is 29.1 Å². The van der Waals surface area contributed by atoms with Crippen LogP contribution < -0.4 is 10.1 Å². The van der Waals surface area contributed by atoms with Crippen molar-refractivity contribution in [2.75, 3.05) is 7.11 Å². The Morgan fingerprint density at radius 1 is 1.19 bits per heavy atom. The van der Waals surface area contributed by atoms with Gasteiger partial charge in [0.25, 0.3) is 5.91 Å². The van der Waals surface area contributed by atoms with Crippen molar-refractivity contribution < 1.29 is 19.4 Å². The minimum atomic E-state index is -0.520. The van der Waals surface area contributed by atoms with E-state index in [9.17, 15) is 14.7 Å². The largest absolute Gasteiger partial charge is 0.503 e. The molecular weight excluding hydrogens is 379 g/mol. The number of aromatic hydroxyl groups is 1. The zero-order valence-corrected chi connectivity index (χ0v) is 15.1. The van der Waals surface area contributed by atoms with E-state index in [0.717, 1.165) is 10.5 Å². The molecule has 0 atom stereocenters. The van der Waals surface area contributed by atoms with Crippen molar-refractivity contribution in [3.63, 3.8) is 0 Å². The monoisotopic (exact) mass is 392 g/mol. The molecule has 1 fully saturated rings. The van der Waals surface area contributed by atoms with Crippen LogP contribution >= 0.6 is 23.2 Å². The number of hydrogen-bond acceptors (Lipinski definition) is 4. The molecule has 3 rings (SSSR count). The molecule has 134 valence electrons. The van der Waals surface area contributed by atoms with Gasteiger partial charge in [-0.3, -0.25) is 9.69 Å². The SMILES string of the molecule is COc1cc(/C=C2/NC(=O)N(Cc3ccc(Cl)cc3)C2=O)cc(Cl)c1O. The van der Waals surface area contributed by atoms with Crippen molar-refractivity contribution in [1.29, 1.82) is 0 Å². The molecule has 26 heavy (non-hydrogen) atoms. The summed E-state index contributed by atoms with van der Waals surface area (Å²) in [6.45, 7) is 0.124. The van der Waals surface area contributed by atoms with Crippen LogP contribution in [0, 0.1) is 0 Å². The molecule has 1 aliphatic rings. The molecule has 0 unspecified atom stereocenters. The highest BCUT2D eigenvalue weighted by molar-refractivity contribution is 6.32. The number of hydrogen-bond donors (Lipinski definition) is 2. The number of rotatable bonds is 4. The van der Waals surface area contributed by atoms with E-state index in [-0.39, 0.29) is 28.8 Å². The van der Waals surface area contributed by atoms with E-state index < -0.39 is 11.9 Å². The minimum absolute atomic E-state index is 0.0750. The maximum absolute atomic E-state index is 12.5. The van der Waals surface area contributed by atoms with Gasteiger partial charge in [-0.1, -0.05) is 35.3 Å². The van der Waals surface area contributed by atoms with Crippen LogP contribution in [0.5, 0.6) is 11.5 Å². The second-order valence-corrected chi connectivity index (χ2v) is 6.40. The normalized spacial score (nSPS) is 15.5. The first-order valence-electron chi connectivity index (χ1n) is 7.54. The van der Waals surface area contributed by atoms with Crippen molar-refractivity contribution >= 4 is 41.2 Å². The van der Waals surface area contributed by atoms with Crippen molar-refractivity contribution in [3.8, 4) is 11.5 Å². The van der Waals surface area contributed by atoms with Gasteiger partial charge in [0, 0.05) is 5.02 Å². The second kappa shape index (κ2) is 7.27. The van der Waals surface area contributed by atoms with Crippen LogP contribution in [0.15, 0.2) is 42.1 Å². The van der Waals surface area contributed by atoms with Gasteiger partial charge < -0.3 is 15.2 Å². The Labute approximate surface area is 159 Å². The molecule has 2 N–H and O–H groups in total. The summed E-state index contributed by atoms with van der Waals surface area (Å²) in [5.74, 6) is -0.491. The molecule has 1 saturated heterocycles. The summed E-state index contributed by atoms with van der Waals surface area (Å²) in [6.07, 6.45) is 1.47. The van der Waals surface area contributed by atoms with Crippen LogP contribution in [0.4, 0.5) is 4.79 Å². The highest BCUT2D eigenvalue weighted by Gasteiger charge is 2.33. The van der Waals surface area contributed by atoms with Gasteiger partial charge in [-0.25, -0.2) is 4.79 Å². The quantitative estimate of drug-likeness (QED) is 0.612. The lowest BCUT2D eigenvalue weighted by Gasteiger charge is -2.11. The third-order valence-electron chi connectivity index (χ3n) is 3.80. The molecule has 2 aromatic rings. The fraction of sp³-hybridized carbons (Fsp3) is 0.111. The molecule has 6 nitrogen and oxygen atoms in total. The van der Waals surface area contributed by atoms with Crippen LogP contribution in [0.25, 0.3) is 6.08 Å². The van der Waals surface area contributed by atoms with E-state index in [2.05, 4.69) is 5.32 Å². The number of ether oxygens (including phenoxy) is 1. The van der Waals surface area contributed by atoms with Gasteiger partial charge in [-0.2, -0.15) is 0 Å². The van der Waals surface area contributed by atoms with Gasteiger partial charge in [0.2, 0.25) is 0 Å². The summed E-state index contributed by atoms with van der Waals surface area (Å²) in [4.78, 5) is 25.8. The number of phenols is 1. The number of carbonyl (C=O) groups excluding carboxylic acids is 2. The molecule has 0 spiro atoms. The number of amides is 3. The maximum atomic E-state index is 12.5. The fourth-order valence-corrected chi connectivity index (χ4v) is 2.83. The van der Waals surface area contributed by atoms with Gasteiger partial charge in [0.15, 0.2) is 11.5 Å². The molecule has 0 aromatic heterocycles. The van der Waals surface area contributed by atoms with Crippen LogP contribution in [-0.2, 0) is 11.3 Å². The summed E-state index contributed by atoms with van der Waals surface area (Å²) >= 11 is 11.8. The number of halogens is 2. The lowest BCUT2D eigenvalue weighted by Crippen LogP contribution is -2.30. The number of carbonyl (C=O) groups is 2. The lowest BCUT2D eigenvalue weighted by atomic mass is 10.1. The van der Waals surface area contributed by atoms with Gasteiger partial charge in [-0.05, 0) is 41.5 Å². The number of phenolic OH excluding ortho intramolecular Hbond substituents is 1. The smallest absolute Gasteiger partial charge is 0.329 e. The zero-order valence-electron chi connectivity index (χ0n) is 13.6. The van der Waals surface area contributed by atoms with Gasteiger partial charge >= 0.3 is 6.03 Å². The predicted molar refractivity (Wildman–Crippen MR) is 98.2 cm³/mol. The number of benzene rings is 2. The van der Waals surface area contributed by atoms with Gasteiger partial charge in [0.05, 0.1) is 18.7 Å². The first-order chi connectivity index (χ1) is 12.4. The molecule has 2 aromatic carbocycles. The van der Waals surface area contributed by atoms with Crippen molar-refractivity contribution in [2.24, 2.45) is 0 Å². The van der Waals surface area contributed by atoms with Gasteiger partial charge in [-0.15, -0.1) is 0 Å². The zero-order chi connectivity index (χ0) is 18.8. The number of nitrogens with one attached hydrogen (secondary N) is 1. The third kappa shape index (κ3) is 3.61. The standard InChI is InChI=1S/C18H14Cl2N2O4/c1-26-15-8-11(6-13(20)16(15)23)7-14-17(24)22(18(25)21-14)9-10-2-4-12(19)5-3-10/h2-8,23H,9H2,1H3,(H,21,25)/b14-7+. The summed E-state index contributed by atoms with van der Waals surface area (Å²) in [7, 11) is 1.39. The summed E-state index contributed by atoms with van der Waals surface area (Å²) < 4.78 is 5.03. The van der Waals surface area contributed by atoms with E-state index in [0.29, 0.717) is 10.6 Å². The first kappa shape index (κ1) is 18.1. The van der Waals surface area contributed by atoms with Crippen molar-refractivity contribution in [3.05, 3.63) is 63.3 Å². The summed E-state index contributed by atoms with van der Waals surface area (Å²) in [6, 6.07) is 9.33. The Morgan fingerprint density at radius 2 is 1.88 bits per heavy atom. The summed E-state index contributed by atoms with van der Waals surface area (Å²) in [5.41, 5.74) is 1.38. The van der Waals surface area contributed by atoms with E-state index in [4.69, 9.17) is 27.9 Å². The van der Waals surface area contributed by atoms with E-state index in [1.807, 2.05) is 0 Å². The van der Waals surface area contributed by atoms with Crippen LogP contribution in [0.3, 0.4) is 0 Å². The molecule has 1 heterocycles. The number of urea groups is 1. The Bertz CT molecular complexity index is 910. The topological polar surface area (TPSA) is 78.9 Å². The number of nitrogens with zero attached hydrogens (tertiary/aromatic N) is 1. The fourth-order valence-electron chi connectivity index (χ4n) is 2.49. The molecule has 3 amide bonds. The van der Waals surface area contributed by atoms with E-state index in [1.54, 1.807) is 24.3 Å². The average molecular weight is 393 g/mol. The van der Waals surface area contributed by atoms with Crippen molar-refractivity contribution in [2.45, 2.75) is 6.54 Å². The Morgan fingerprint density at radius 3 is 2.54 bits per heavy atom. The van der Waals surface area contributed by atoms with Gasteiger partial charge in [0.1, 0.15) is 5.70 Å². The van der Waals surface area contributed by atoms with E-state index >= 15 is 0 Å².